The Bertz CT molecular complexity index is 428. The summed E-state index contributed by atoms with van der Waals surface area (Å²) in [4.78, 5) is 12.3. The van der Waals surface area contributed by atoms with E-state index in [0.717, 1.165) is 12.1 Å². The van der Waals surface area contributed by atoms with E-state index < -0.39 is 5.54 Å². The van der Waals surface area contributed by atoms with Gasteiger partial charge in [0.1, 0.15) is 5.54 Å². The van der Waals surface area contributed by atoms with Crippen molar-refractivity contribution in [1.29, 1.82) is 0 Å². The van der Waals surface area contributed by atoms with Gasteiger partial charge in [-0.25, -0.2) is 0 Å². The molecule has 1 saturated carbocycles. The first-order valence-corrected chi connectivity index (χ1v) is 7.14. The van der Waals surface area contributed by atoms with E-state index >= 15 is 0 Å². The Hall–Kier alpha value is -1.35. The highest BCUT2D eigenvalue weighted by molar-refractivity contribution is 5.86. The SMILES string of the molecule is CC1CCCC1CNC(=O)C(C)(N)c1ccccc1. The molecule has 0 saturated heterocycles. The summed E-state index contributed by atoms with van der Waals surface area (Å²) < 4.78 is 0. The van der Waals surface area contributed by atoms with Crippen molar-refractivity contribution in [2.24, 2.45) is 17.6 Å². The zero-order valence-corrected chi connectivity index (χ0v) is 11.9. The van der Waals surface area contributed by atoms with E-state index in [1.54, 1.807) is 6.92 Å². The summed E-state index contributed by atoms with van der Waals surface area (Å²) in [6, 6.07) is 9.55. The van der Waals surface area contributed by atoms with Crippen LogP contribution in [-0.4, -0.2) is 12.5 Å². The molecule has 0 spiro atoms. The van der Waals surface area contributed by atoms with Gasteiger partial charge in [-0.1, -0.05) is 50.1 Å². The van der Waals surface area contributed by atoms with Crippen LogP contribution in [-0.2, 0) is 10.3 Å². The minimum Gasteiger partial charge on any atom is -0.354 e. The molecule has 0 aromatic heterocycles. The van der Waals surface area contributed by atoms with Crippen molar-refractivity contribution in [3.63, 3.8) is 0 Å². The normalized spacial score (nSPS) is 25.8. The molecule has 1 aromatic rings. The second kappa shape index (κ2) is 5.74. The highest BCUT2D eigenvalue weighted by Crippen LogP contribution is 2.30. The maximum absolute atomic E-state index is 12.3. The quantitative estimate of drug-likeness (QED) is 0.873. The summed E-state index contributed by atoms with van der Waals surface area (Å²) in [5.74, 6) is 1.23. The molecule has 1 aliphatic carbocycles. The van der Waals surface area contributed by atoms with Gasteiger partial charge in [-0.2, -0.15) is 0 Å². The van der Waals surface area contributed by atoms with E-state index in [4.69, 9.17) is 5.73 Å². The van der Waals surface area contributed by atoms with Crippen molar-refractivity contribution < 1.29 is 4.79 Å². The number of nitrogens with two attached hydrogens (primary N) is 1. The molecule has 0 heterocycles. The van der Waals surface area contributed by atoms with Crippen LogP contribution >= 0.6 is 0 Å². The largest absolute Gasteiger partial charge is 0.354 e. The molecule has 3 nitrogen and oxygen atoms in total. The van der Waals surface area contributed by atoms with Crippen LogP contribution in [0.15, 0.2) is 30.3 Å². The molecule has 3 unspecified atom stereocenters. The third-order valence-corrected chi connectivity index (χ3v) is 4.41. The van der Waals surface area contributed by atoms with Crippen molar-refractivity contribution in [1.82, 2.24) is 5.32 Å². The fraction of sp³-hybridized carbons (Fsp3) is 0.562. The van der Waals surface area contributed by atoms with Gasteiger partial charge in [0.2, 0.25) is 5.91 Å². The van der Waals surface area contributed by atoms with Gasteiger partial charge in [-0.05, 0) is 30.7 Å². The number of rotatable bonds is 4. The van der Waals surface area contributed by atoms with Crippen LogP contribution in [0.2, 0.25) is 0 Å². The first-order valence-electron chi connectivity index (χ1n) is 7.14. The van der Waals surface area contributed by atoms with E-state index in [-0.39, 0.29) is 5.91 Å². The third-order valence-electron chi connectivity index (χ3n) is 4.41. The van der Waals surface area contributed by atoms with Crippen LogP contribution in [0.25, 0.3) is 0 Å². The van der Waals surface area contributed by atoms with E-state index in [1.807, 2.05) is 30.3 Å². The Morgan fingerprint density at radius 2 is 2.05 bits per heavy atom. The molecule has 2 rings (SSSR count). The average Bonchev–Trinajstić information content (AvgIpc) is 2.82. The van der Waals surface area contributed by atoms with Gasteiger partial charge in [0.25, 0.3) is 0 Å². The van der Waals surface area contributed by atoms with Gasteiger partial charge in [-0.3, -0.25) is 4.79 Å². The number of benzene rings is 1. The maximum atomic E-state index is 12.3. The van der Waals surface area contributed by atoms with E-state index in [1.165, 1.54) is 19.3 Å². The molecule has 3 N–H and O–H groups in total. The molecule has 0 radical (unpaired) electrons. The molecule has 3 atom stereocenters. The molecule has 1 aromatic carbocycles. The summed E-state index contributed by atoms with van der Waals surface area (Å²) >= 11 is 0. The first-order chi connectivity index (χ1) is 9.01. The van der Waals surface area contributed by atoms with Crippen LogP contribution in [0, 0.1) is 11.8 Å². The van der Waals surface area contributed by atoms with E-state index in [0.29, 0.717) is 11.8 Å². The van der Waals surface area contributed by atoms with Gasteiger partial charge in [0.05, 0.1) is 0 Å². The second-order valence-electron chi connectivity index (χ2n) is 5.95. The highest BCUT2D eigenvalue weighted by Gasteiger charge is 2.31. The van der Waals surface area contributed by atoms with Crippen LogP contribution in [0.1, 0.15) is 38.7 Å². The lowest BCUT2D eigenvalue weighted by Gasteiger charge is -2.25. The van der Waals surface area contributed by atoms with Crippen molar-refractivity contribution in [3.8, 4) is 0 Å². The lowest BCUT2D eigenvalue weighted by molar-refractivity contribution is -0.126. The molecule has 0 bridgehead atoms. The molecule has 104 valence electrons. The number of carbonyl (C=O) groups excluding carboxylic acids is 1. The topological polar surface area (TPSA) is 55.1 Å². The summed E-state index contributed by atoms with van der Waals surface area (Å²) in [6.45, 7) is 4.79. The number of carbonyl (C=O) groups is 1. The number of hydrogen-bond donors (Lipinski definition) is 2. The van der Waals surface area contributed by atoms with Crippen molar-refractivity contribution in [2.75, 3.05) is 6.54 Å². The Kier molecular flexibility index (Phi) is 4.25. The zero-order chi connectivity index (χ0) is 13.9. The number of nitrogens with one attached hydrogen (secondary N) is 1. The molecule has 3 heteroatoms. The molecular formula is C16H24N2O. The Labute approximate surface area is 115 Å². The smallest absolute Gasteiger partial charge is 0.244 e. The Morgan fingerprint density at radius 1 is 1.37 bits per heavy atom. The van der Waals surface area contributed by atoms with Crippen molar-refractivity contribution in [2.45, 2.75) is 38.6 Å². The Morgan fingerprint density at radius 3 is 2.63 bits per heavy atom. The highest BCUT2D eigenvalue weighted by atomic mass is 16.2. The second-order valence-corrected chi connectivity index (χ2v) is 5.95. The zero-order valence-electron chi connectivity index (χ0n) is 11.9. The molecule has 0 aliphatic heterocycles. The summed E-state index contributed by atoms with van der Waals surface area (Å²) in [5.41, 5.74) is 6.09. The van der Waals surface area contributed by atoms with Crippen LogP contribution in [0.3, 0.4) is 0 Å². The van der Waals surface area contributed by atoms with Gasteiger partial charge in [0, 0.05) is 6.54 Å². The number of amides is 1. The molecular weight excluding hydrogens is 236 g/mol. The van der Waals surface area contributed by atoms with Crippen LogP contribution in [0.4, 0.5) is 0 Å². The average molecular weight is 260 g/mol. The van der Waals surface area contributed by atoms with Gasteiger partial charge < -0.3 is 11.1 Å². The predicted octanol–water partition coefficient (Wildman–Crippen LogP) is 2.41. The van der Waals surface area contributed by atoms with Crippen LogP contribution in [0.5, 0.6) is 0 Å². The molecule has 1 fully saturated rings. The maximum Gasteiger partial charge on any atom is 0.244 e. The number of hydrogen-bond acceptors (Lipinski definition) is 2. The van der Waals surface area contributed by atoms with Gasteiger partial charge in [0.15, 0.2) is 0 Å². The fourth-order valence-electron chi connectivity index (χ4n) is 2.85. The van der Waals surface area contributed by atoms with Gasteiger partial charge >= 0.3 is 0 Å². The minimum atomic E-state index is -0.955. The summed E-state index contributed by atoms with van der Waals surface area (Å²) in [6.07, 6.45) is 3.77. The first kappa shape index (κ1) is 14.1. The van der Waals surface area contributed by atoms with Gasteiger partial charge in [-0.15, -0.1) is 0 Å². The molecule has 1 amide bonds. The Balaban J connectivity index is 1.95. The van der Waals surface area contributed by atoms with E-state index in [9.17, 15) is 4.79 Å². The monoisotopic (exact) mass is 260 g/mol. The summed E-state index contributed by atoms with van der Waals surface area (Å²) in [7, 11) is 0. The third kappa shape index (κ3) is 3.16. The molecule has 1 aliphatic rings. The predicted molar refractivity (Wildman–Crippen MR) is 77.5 cm³/mol. The summed E-state index contributed by atoms with van der Waals surface area (Å²) in [5, 5.41) is 3.03. The lowest BCUT2D eigenvalue weighted by Crippen LogP contribution is -2.50. The lowest BCUT2D eigenvalue weighted by atomic mass is 9.91. The van der Waals surface area contributed by atoms with Crippen molar-refractivity contribution in [3.05, 3.63) is 35.9 Å². The van der Waals surface area contributed by atoms with Crippen molar-refractivity contribution >= 4 is 5.91 Å². The molecule has 19 heavy (non-hydrogen) atoms. The minimum absolute atomic E-state index is 0.0854. The fourth-order valence-corrected chi connectivity index (χ4v) is 2.85. The van der Waals surface area contributed by atoms with Crippen LogP contribution < -0.4 is 11.1 Å². The van der Waals surface area contributed by atoms with E-state index in [2.05, 4.69) is 12.2 Å². The standard InChI is InChI=1S/C16H24N2O/c1-12-7-6-8-13(12)11-18-15(19)16(2,17)14-9-4-3-5-10-14/h3-5,9-10,12-13H,6-8,11,17H2,1-2H3,(H,18,19).